The highest BCUT2D eigenvalue weighted by atomic mass is 19.4. The highest BCUT2D eigenvalue weighted by molar-refractivity contribution is 5.77. The Morgan fingerprint density at radius 3 is 2.48 bits per heavy atom. The molecule has 8 nitrogen and oxygen atoms in total. The lowest BCUT2D eigenvalue weighted by Crippen LogP contribution is -2.51. The Hall–Kier alpha value is -2.30. The van der Waals surface area contributed by atoms with Crippen molar-refractivity contribution >= 4 is 12.0 Å². The summed E-state index contributed by atoms with van der Waals surface area (Å²) in [5, 5.41) is 12.7. The zero-order chi connectivity index (χ0) is 20.2. The molecule has 1 aliphatic rings. The summed E-state index contributed by atoms with van der Waals surface area (Å²) in [5.41, 5.74) is -3.39. The standard InChI is InChI=1S/C16H23F3N4O4/c1-3-27-14(25)23-7-4-11(5-8-23)21-12(24)10-15(26,16(17,18)19)13-20-6-9-22(13)2/h6,9,11,26H,3-5,7-8,10H2,1-2H3,(H,21,24). The maximum absolute atomic E-state index is 13.5. The van der Waals surface area contributed by atoms with E-state index in [0.29, 0.717) is 25.9 Å². The van der Waals surface area contributed by atoms with Gasteiger partial charge in [0, 0.05) is 38.6 Å². The minimum Gasteiger partial charge on any atom is -0.450 e. The lowest BCUT2D eigenvalue weighted by molar-refractivity contribution is -0.271. The van der Waals surface area contributed by atoms with Gasteiger partial charge in [-0.3, -0.25) is 4.79 Å². The highest BCUT2D eigenvalue weighted by Gasteiger charge is 2.58. The molecule has 27 heavy (non-hydrogen) atoms. The first-order chi connectivity index (χ1) is 12.6. The van der Waals surface area contributed by atoms with Gasteiger partial charge in [0.1, 0.15) is 0 Å². The van der Waals surface area contributed by atoms with Crippen molar-refractivity contribution < 1.29 is 32.6 Å². The number of aromatic nitrogens is 2. The van der Waals surface area contributed by atoms with Gasteiger partial charge in [0.15, 0.2) is 5.82 Å². The summed E-state index contributed by atoms with van der Waals surface area (Å²) >= 11 is 0. The van der Waals surface area contributed by atoms with Crippen LogP contribution in [-0.2, 0) is 22.2 Å². The van der Waals surface area contributed by atoms with Gasteiger partial charge in [-0.05, 0) is 19.8 Å². The SMILES string of the molecule is CCOC(=O)N1CCC(NC(=O)CC(O)(c2nccn2C)C(F)(F)F)CC1. The van der Waals surface area contributed by atoms with E-state index in [0.717, 1.165) is 10.8 Å². The number of amides is 2. The topological polar surface area (TPSA) is 96.7 Å². The number of rotatable bonds is 5. The number of likely N-dealkylation sites (tertiary alicyclic amines) is 1. The minimum absolute atomic E-state index is 0.249. The molecule has 11 heteroatoms. The molecule has 1 aromatic rings. The lowest BCUT2D eigenvalue weighted by atomic mass is 9.96. The van der Waals surface area contributed by atoms with Crippen molar-refractivity contribution in [1.82, 2.24) is 19.8 Å². The average Bonchev–Trinajstić information content (AvgIpc) is 3.01. The number of carbonyl (C=O) groups excluding carboxylic acids is 2. The van der Waals surface area contributed by atoms with Crippen LogP contribution in [0.2, 0.25) is 0 Å². The van der Waals surface area contributed by atoms with E-state index in [1.807, 2.05) is 0 Å². The number of carbonyl (C=O) groups is 2. The maximum Gasteiger partial charge on any atom is 0.425 e. The maximum atomic E-state index is 13.5. The van der Waals surface area contributed by atoms with Crippen molar-refractivity contribution in [2.45, 2.75) is 44.0 Å². The summed E-state index contributed by atoms with van der Waals surface area (Å²) in [7, 11) is 1.31. The molecule has 1 atom stereocenters. The van der Waals surface area contributed by atoms with Crippen LogP contribution in [-0.4, -0.2) is 63.5 Å². The molecule has 1 saturated heterocycles. The van der Waals surface area contributed by atoms with Gasteiger partial charge in [0.05, 0.1) is 13.0 Å². The number of halogens is 3. The van der Waals surface area contributed by atoms with Gasteiger partial charge < -0.3 is 24.6 Å². The summed E-state index contributed by atoms with van der Waals surface area (Å²) in [6.45, 7) is 2.59. The first kappa shape index (κ1) is 21.0. The molecule has 2 amide bonds. The molecule has 152 valence electrons. The second-order valence-corrected chi connectivity index (χ2v) is 6.42. The van der Waals surface area contributed by atoms with Gasteiger partial charge >= 0.3 is 12.3 Å². The van der Waals surface area contributed by atoms with Crippen molar-refractivity contribution in [3.05, 3.63) is 18.2 Å². The van der Waals surface area contributed by atoms with Crippen molar-refractivity contribution in [2.24, 2.45) is 7.05 Å². The van der Waals surface area contributed by atoms with Gasteiger partial charge in [0.25, 0.3) is 0 Å². The number of hydrogen-bond acceptors (Lipinski definition) is 5. The fraction of sp³-hybridized carbons (Fsp3) is 0.688. The van der Waals surface area contributed by atoms with Crippen molar-refractivity contribution in [2.75, 3.05) is 19.7 Å². The number of hydrogen-bond donors (Lipinski definition) is 2. The van der Waals surface area contributed by atoms with Gasteiger partial charge in [-0.25, -0.2) is 9.78 Å². The first-order valence-corrected chi connectivity index (χ1v) is 8.56. The third-order valence-electron chi connectivity index (χ3n) is 4.46. The largest absolute Gasteiger partial charge is 0.450 e. The van der Waals surface area contributed by atoms with Gasteiger partial charge in [-0.1, -0.05) is 0 Å². The molecule has 0 spiro atoms. The number of piperidine rings is 1. The molecular formula is C16H23F3N4O4. The van der Waals surface area contributed by atoms with Crippen molar-refractivity contribution in [3.63, 3.8) is 0 Å². The zero-order valence-electron chi connectivity index (χ0n) is 15.1. The van der Waals surface area contributed by atoms with Crippen molar-refractivity contribution in [3.8, 4) is 0 Å². The number of alkyl halides is 3. The second kappa shape index (κ2) is 8.15. The summed E-state index contributed by atoms with van der Waals surface area (Å²) in [6, 6.07) is -0.387. The van der Waals surface area contributed by atoms with Crippen LogP contribution in [0.15, 0.2) is 12.4 Å². The summed E-state index contributed by atoms with van der Waals surface area (Å²) < 4.78 is 46.3. The number of aliphatic hydroxyl groups is 1. The van der Waals surface area contributed by atoms with Crippen LogP contribution in [0.5, 0.6) is 0 Å². The predicted octanol–water partition coefficient (Wildman–Crippen LogP) is 1.30. The van der Waals surface area contributed by atoms with Gasteiger partial charge in [-0.2, -0.15) is 13.2 Å². The molecule has 1 aliphatic heterocycles. The van der Waals surface area contributed by atoms with Crippen LogP contribution in [0.1, 0.15) is 32.0 Å². The molecule has 0 radical (unpaired) electrons. The van der Waals surface area contributed by atoms with Crippen LogP contribution >= 0.6 is 0 Å². The Labute approximate surface area is 154 Å². The molecule has 1 unspecified atom stereocenters. The third kappa shape index (κ3) is 4.71. The normalized spacial score (nSPS) is 18.1. The molecule has 2 rings (SSSR count). The van der Waals surface area contributed by atoms with E-state index in [1.165, 1.54) is 18.1 Å². The number of imidazole rings is 1. The zero-order valence-corrected chi connectivity index (χ0v) is 15.1. The molecule has 0 bridgehead atoms. The Kier molecular flexibility index (Phi) is 6.34. The molecular weight excluding hydrogens is 369 g/mol. The van der Waals surface area contributed by atoms with Crippen LogP contribution in [0.25, 0.3) is 0 Å². The van der Waals surface area contributed by atoms with E-state index in [4.69, 9.17) is 4.74 Å². The quantitative estimate of drug-likeness (QED) is 0.787. The Balaban J connectivity index is 1.98. The molecule has 0 aromatic carbocycles. The lowest BCUT2D eigenvalue weighted by Gasteiger charge is -2.33. The Morgan fingerprint density at radius 2 is 2.00 bits per heavy atom. The molecule has 0 aliphatic carbocycles. The van der Waals surface area contributed by atoms with E-state index >= 15 is 0 Å². The number of nitrogens with zero attached hydrogens (tertiary/aromatic N) is 3. The number of nitrogens with one attached hydrogen (secondary N) is 1. The molecule has 1 fully saturated rings. The van der Waals surface area contributed by atoms with Crippen LogP contribution in [0.3, 0.4) is 0 Å². The smallest absolute Gasteiger partial charge is 0.425 e. The van der Waals surface area contributed by atoms with Crippen LogP contribution in [0, 0.1) is 0 Å². The fourth-order valence-electron chi connectivity index (χ4n) is 3.00. The van der Waals surface area contributed by atoms with E-state index in [1.54, 1.807) is 6.92 Å². The third-order valence-corrected chi connectivity index (χ3v) is 4.46. The van der Waals surface area contributed by atoms with E-state index in [2.05, 4.69) is 10.3 Å². The van der Waals surface area contributed by atoms with Crippen LogP contribution in [0.4, 0.5) is 18.0 Å². The van der Waals surface area contributed by atoms with Crippen LogP contribution < -0.4 is 5.32 Å². The van der Waals surface area contributed by atoms with E-state index < -0.39 is 36.0 Å². The Morgan fingerprint density at radius 1 is 1.37 bits per heavy atom. The number of ether oxygens (including phenoxy) is 1. The van der Waals surface area contributed by atoms with Gasteiger partial charge in [-0.15, -0.1) is 0 Å². The van der Waals surface area contributed by atoms with E-state index in [-0.39, 0.29) is 12.6 Å². The molecule has 2 N–H and O–H groups in total. The molecule has 0 saturated carbocycles. The fourth-order valence-corrected chi connectivity index (χ4v) is 3.00. The second-order valence-electron chi connectivity index (χ2n) is 6.42. The van der Waals surface area contributed by atoms with E-state index in [9.17, 15) is 27.9 Å². The monoisotopic (exact) mass is 392 g/mol. The Bertz CT molecular complexity index is 671. The summed E-state index contributed by atoms with van der Waals surface area (Å²) in [5.74, 6) is -1.59. The van der Waals surface area contributed by atoms with Gasteiger partial charge in [0.2, 0.25) is 11.5 Å². The van der Waals surface area contributed by atoms with Crippen molar-refractivity contribution in [1.29, 1.82) is 0 Å². The molecule has 1 aromatic heterocycles. The summed E-state index contributed by atoms with van der Waals surface area (Å²) in [4.78, 5) is 28.9. The predicted molar refractivity (Wildman–Crippen MR) is 87.5 cm³/mol. The average molecular weight is 392 g/mol. The highest BCUT2D eigenvalue weighted by Crippen LogP contribution is 2.40. The molecule has 2 heterocycles. The minimum atomic E-state index is -5.07. The number of aryl methyl sites for hydroxylation is 1. The summed E-state index contributed by atoms with van der Waals surface area (Å²) in [6.07, 6.45) is -3.57. The first-order valence-electron chi connectivity index (χ1n) is 8.56.